The van der Waals surface area contributed by atoms with Gasteiger partial charge in [0, 0.05) is 28.9 Å². The third-order valence-electron chi connectivity index (χ3n) is 2.60. The van der Waals surface area contributed by atoms with E-state index in [9.17, 15) is 12.8 Å². The van der Waals surface area contributed by atoms with E-state index in [-0.39, 0.29) is 22.9 Å². The van der Waals surface area contributed by atoms with Crippen molar-refractivity contribution in [1.29, 1.82) is 0 Å². The molecule has 1 aromatic rings. The summed E-state index contributed by atoms with van der Waals surface area (Å²) in [7, 11) is -3.08. The van der Waals surface area contributed by atoms with Gasteiger partial charge in [-0.25, -0.2) is 12.8 Å². The fourth-order valence-electron chi connectivity index (χ4n) is 1.95. The lowest BCUT2D eigenvalue weighted by Crippen LogP contribution is -2.34. The zero-order chi connectivity index (χ0) is 14.8. The molecule has 0 saturated heterocycles. The number of halogens is 3. The predicted octanol–water partition coefficient (Wildman–Crippen LogP) is 3.22. The molecule has 0 radical (unpaired) electrons. The Morgan fingerprint density at radius 2 is 1.89 bits per heavy atom. The fourth-order valence-corrected chi connectivity index (χ4v) is 3.65. The summed E-state index contributed by atoms with van der Waals surface area (Å²) in [5, 5.41) is 3.35. The summed E-state index contributed by atoms with van der Waals surface area (Å²) in [6.07, 6.45) is 1.16. The van der Waals surface area contributed by atoms with Crippen molar-refractivity contribution < 1.29 is 12.8 Å². The zero-order valence-electron chi connectivity index (χ0n) is 10.9. The van der Waals surface area contributed by atoms with Gasteiger partial charge in [0.15, 0.2) is 0 Å². The minimum absolute atomic E-state index is 0.0120. The average Bonchev–Trinajstić information content (AvgIpc) is 2.21. The van der Waals surface area contributed by atoms with E-state index in [0.29, 0.717) is 10.6 Å². The van der Waals surface area contributed by atoms with Crippen LogP contribution in [0.15, 0.2) is 12.1 Å². The second-order valence-electron chi connectivity index (χ2n) is 4.64. The maximum Gasteiger partial charge on any atom is 0.148 e. The van der Waals surface area contributed by atoms with Crippen molar-refractivity contribution in [2.24, 2.45) is 0 Å². The van der Waals surface area contributed by atoms with Crippen LogP contribution in [0.3, 0.4) is 0 Å². The highest BCUT2D eigenvalue weighted by Crippen LogP contribution is 2.32. The predicted molar refractivity (Wildman–Crippen MR) is 77.1 cm³/mol. The normalized spacial score (nSPS) is 15.3. The van der Waals surface area contributed by atoms with E-state index in [1.807, 2.05) is 0 Å². The number of rotatable bonds is 5. The van der Waals surface area contributed by atoms with Gasteiger partial charge in [0.25, 0.3) is 0 Å². The zero-order valence-corrected chi connectivity index (χ0v) is 13.2. The molecule has 19 heavy (non-hydrogen) atoms. The first-order valence-corrected chi connectivity index (χ1v) is 8.50. The van der Waals surface area contributed by atoms with Crippen LogP contribution in [-0.2, 0) is 9.84 Å². The van der Waals surface area contributed by atoms with Gasteiger partial charge in [-0.15, -0.1) is 0 Å². The van der Waals surface area contributed by atoms with Crippen molar-refractivity contribution >= 4 is 33.0 Å². The largest absolute Gasteiger partial charge is 0.307 e. The third-order valence-corrected chi connectivity index (χ3v) is 4.42. The Morgan fingerprint density at radius 3 is 2.42 bits per heavy atom. The number of nitrogens with one attached hydrogen (secondary N) is 1. The summed E-state index contributed by atoms with van der Waals surface area (Å²) in [6.45, 7) is 3.49. The summed E-state index contributed by atoms with van der Waals surface area (Å²) in [6, 6.07) is 1.98. The van der Waals surface area contributed by atoms with Crippen LogP contribution in [0.5, 0.6) is 0 Å². The van der Waals surface area contributed by atoms with Gasteiger partial charge in [-0.2, -0.15) is 0 Å². The van der Waals surface area contributed by atoms with Gasteiger partial charge >= 0.3 is 0 Å². The molecule has 0 aliphatic rings. The van der Waals surface area contributed by atoms with Gasteiger partial charge < -0.3 is 5.32 Å². The van der Waals surface area contributed by atoms with E-state index in [1.165, 1.54) is 12.1 Å². The number of sulfone groups is 1. The highest BCUT2D eigenvalue weighted by molar-refractivity contribution is 7.90. The summed E-state index contributed by atoms with van der Waals surface area (Å²) >= 11 is 11.9. The van der Waals surface area contributed by atoms with Gasteiger partial charge in [0.1, 0.15) is 15.7 Å². The Kier molecular flexibility index (Phi) is 5.62. The second kappa shape index (κ2) is 6.39. The Labute approximate surface area is 123 Å². The minimum atomic E-state index is -3.08. The molecule has 0 aromatic heterocycles. The first kappa shape index (κ1) is 16.7. The first-order chi connectivity index (χ1) is 8.61. The highest BCUT2D eigenvalue weighted by atomic mass is 35.5. The molecule has 1 N–H and O–H groups in total. The number of benzene rings is 1. The standard InChI is InChI=1S/C12H16Cl2FNO2S/c1-7(6-19(3,17)18)16-8(2)11-9(13)4-5-10(15)12(11)14/h4-5,7-8,16H,6H2,1-3H3. The van der Waals surface area contributed by atoms with Gasteiger partial charge in [0.2, 0.25) is 0 Å². The molecule has 2 atom stereocenters. The third kappa shape index (κ3) is 4.91. The van der Waals surface area contributed by atoms with Crippen molar-refractivity contribution in [3.8, 4) is 0 Å². The van der Waals surface area contributed by atoms with Gasteiger partial charge in [-0.1, -0.05) is 23.2 Å². The Balaban J connectivity index is 2.90. The Hall–Kier alpha value is -0.360. The summed E-state index contributed by atoms with van der Waals surface area (Å²) in [4.78, 5) is 0. The number of hydrogen-bond donors (Lipinski definition) is 1. The Morgan fingerprint density at radius 1 is 1.32 bits per heavy atom. The van der Waals surface area contributed by atoms with Gasteiger partial charge in [-0.3, -0.25) is 0 Å². The van der Waals surface area contributed by atoms with Crippen LogP contribution in [-0.4, -0.2) is 26.5 Å². The van der Waals surface area contributed by atoms with Crippen LogP contribution >= 0.6 is 23.2 Å². The molecule has 2 unspecified atom stereocenters. The highest BCUT2D eigenvalue weighted by Gasteiger charge is 2.20. The van der Waals surface area contributed by atoms with E-state index >= 15 is 0 Å². The molecule has 0 amide bonds. The molecule has 0 heterocycles. The van der Waals surface area contributed by atoms with Crippen LogP contribution in [0.25, 0.3) is 0 Å². The molecule has 1 rings (SSSR count). The quantitative estimate of drug-likeness (QED) is 0.844. The summed E-state index contributed by atoms with van der Waals surface area (Å²) < 4.78 is 35.8. The number of hydrogen-bond acceptors (Lipinski definition) is 3. The van der Waals surface area contributed by atoms with Crippen molar-refractivity contribution in [2.75, 3.05) is 12.0 Å². The van der Waals surface area contributed by atoms with Crippen molar-refractivity contribution in [3.63, 3.8) is 0 Å². The Bertz CT molecular complexity index is 563. The monoisotopic (exact) mass is 327 g/mol. The van der Waals surface area contributed by atoms with Crippen molar-refractivity contribution in [2.45, 2.75) is 25.9 Å². The SMILES string of the molecule is CC(CS(C)(=O)=O)NC(C)c1c(Cl)ccc(F)c1Cl. The van der Waals surface area contributed by atoms with Crippen molar-refractivity contribution in [1.82, 2.24) is 5.32 Å². The lowest BCUT2D eigenvalue weighted by molar-refractivity contribution is 0.498. The van der Waals surface area contributed by atoms with E-state index in [0.717, 1.165) is 6.26 Å². The summed E-state index contributed by atoms with van der Waals surface area (Å²) in [5.41, 5.74) is 0.434. The smallest absolute Gasteiger partial charge is 0.148 e. The van der Waals surface area contributed by atoms with Gasteiger partial charge in [0.05, 0.1) is 10.8 Å². The van der Waals surface area contributed by atoms with Crippen molar-refractivity contribution in [3.05, 3.63) is 33.6 Å². The maximum absolute atomic E-state index is 13.4. The average molecular weight is 328 g/mol. The molecule has 1 aromatic carbocycles. The maximum atomic E-state index is 13.4. The molecular weight excluding hydrogens is 312 g/mol. The molecule has 0 aliphatic heterocycles. The van der Waals surface area contributed by atoms with Crippen LogP contribution in [0.2, 0.25) is 10.0 Å². The molecule has 0 spiro atoms. The lowest BCUT2D eigenvalue weighted by Gasteiger charge is -2.21. The molecule has 0 saturated carbocycles. The van der Waals surface area contributed by atoms with E-state index in [2.05, 4.69) is 5.32 Å². The lowest BCUT2D eigenvalue weighted by atomic mass is 10.1. The molecule has 0 aliphatic carbocycles. The molecule has 0 fully saturated rings. The van der Waals surface area contributed by atoms with E-state index < -0.39 is 15.7 Å². The molecule has 7 heteroatoms. The topological polar surface area (TPSA) is 46.2 Å². The molecule has 0 bridgehead atoms. The fraction of sp³-hybridized carbons (Fsp3) is 0.500. The van der Waals surface area contributed by atoms with Crippen LogP contribution in [0.4, 0.5) is 4.39 Å². The van der Waals surface area contributed by atoms with E-state index in [1.54, 1.807) is 13.8 Å². The van der Waals surface area contributed by atoms with Crippen LogP contribution in [0, 0.1) is 5.82 Å². The second-order valence-corrected chi connectivity index (χ2v) is 7.61. The van der Waals surface area contributed by atoms with Crippen LogP contribution in [0.1, 0.15) is 25.5 Å². The van der Waals surface area contributed by atoms with Gasteiger partial charge in [-0.05, 0) is 26.0 Å². The minimum Gasteiger partial charge on any atom is -0.307 e. The van der Waals surface area contributed by atoms with E-state index in [4.69, 9.17) is 23.2 Å². The van der Waals surface area contributed by atoms with Crippen LogP contribution < -0.4 is 5.32 Å². The molecular formula is C12H16Cl2FNO2S. The first-order valence-electron chi connectivity index (χ1n) is 5.69. The molecule has 108 valence electrons. The summed E-state index contributed by atoms with van der Waals surface area (Å²) in [5.74, 6) is -0.562. The molecule has 3 nitrogen and oxygen atoms in total.